The van der Waals surface area contributed by atoms with Crippen LogP contribution in [0.3, 0.4) is 0 Å². The molecular formula is C31H45N3O6. The number of nitrogens with one attached hydrogen (secondary N) is 1. The van der Waals surface area contributed by atoms with Crippen molar-refractivity contribution in [2.24, 2.45) is 16.6 Å². The van der Waals surface area contributed by atoms with Gasteiger partial charge in [-0.1, -0.05) is 57.3 Å². The fraction of sp³-hybridized carbons (Fsp3) is 0.581. The van der Waals surface area contributed by atoms with Crippen LogP contribution in [0.4, 0.5) is 0 Å². The first-order chi connectivity index (χ1) is 19.2. The number of aryl methyl sites for hydroxylation is 1. The highest BCUT2D eigenvalue weighted by Gasteiger charge is 2.41. The van der Waals surface area contributed by atoms with E-state index in [9.17, 15) is 24.9 Å². The van der Waals surface area contributed by atoms with Gasteiger partial charge in [0.25, 0.3) is 0 Å². The molecule has 3 atom stereocenters. The number of allylic oxidation sites excluding steroid dienone is 3. The predicted octanol–water partition coefficient (Wildman–Crippen LogP) is 5.54. The second-order valence-electron chi connectivity index (χ2n) is 10.9. The maximum absolute atomic E-state index is 12.2. The van der Waals surface area contributed by atoms with Gasteiger partial charge in [0.15, 0.2) is 5.96 Å². The summed E-state index contributed by atoms with van der Waals surface area (Å²) >= 11 is 0. The molecule has 3 rings (SSSR count). The molecule has 2 aliphatic carbocycles. The molecule has 0 spiro atoms. The Morgan fingerprint density at radius 1 is 1.20 bits per heavy atom. The first kappa shape index (κ1) is 31.2. The number of unbranched alkanes of at least 4 members (excludes halogenated alkanes) is 2. The highest BCUT2D eigenvalue weighted by Crippen LogP contribution is 2.49. The summed E-state index contributed by atoms with van der Waals surface area (Å²) in [7, 11) is 0. The number of aliphatic hydroxyl groups excluding tert-OH is 1. The fourth-order valence-electron chi connectivity index (χ4n) is 6.05. The topological polar surface area (TPSA) is 158 Å². The van der Waals surface area contributed by atoms with Crippen molar-refractivity contribution < 1.29 is 29.3 Å². The van der Waals surface area contributed by atoms with Crippen LogP contribution in [0.25, 0.3) is 5.57 Å². The lowest BCUT2D eigenvalue weighted by molar-refractivity contribution is -0.137. The summed E-state index contributed by atoms with van der Waals surface area (Å²) in [5.74, 6) is -0.933. The number of aromatic carboxylic acids is 1. The van der Waals surface area contributed by atoms with Crippen molar-refractivity contribution >= 4 is 23.5 Å². The summed E-state index contributed by atoms with van der Waals surface area (Å²) in [6.45, 7) is 5.69. The molecular weight excluding hydrogens is 510 g/mol. The molecule has 6 N–H and O–H groups in total. The van der Waals surface area contributed by atoms with E-state index < -0.39 is 24.1 Å². The molecule has 1 heterocycles. The Morgan fingerprint density at radius 3 is 2.55 bits per heavy atom. The number of hydrogen-bond donors (Lipinski definition) is 5. The number of hydrogen-bond acceptors (Lipinski definition) is 5. The number of nitrogens with two attached hydrogens (primary N) is 1. The van der Waals surface area contributed by atoms with Crippen molar-refractivity contribution in [3.8, 4) is 0 Å². The maximum Gasteiger partial charge on any atom is 0.339 e. The molecule has 1 aromatic rings. The largest absolute Gasteiger partial charge is 0.479 e. The van der Waals surface area contributed by atoms with Crippen LogP contribution in [-0.2, 0) is 4.79 Å². The molecule has 9 heteroatoms. The number of carboxylic acid groups (broad SMARTS) is 2. The van der Waals surface area contributed by atoms with E-state index in [0.29, 0.717) is 35.0 Å². The zero-order valence-corrected chi connectivity index (χ0v) is 24.0. The molecule has 0 aromatic carbocycles. The molecule has 40 heavy (non-hydrogen) atoms. The summed E-state index contributed by atoms with van der Waals surface area (Å²) in [5, 5.41) is 33.6. The van der Waals surface area contributed by atoms with Gasteiger partial charge < -0.3 is 30.8 Å². The zero-order valence-electron chi connectivity index (χ0n) is 24.0. The van der Waals surface area contributed by atoms with Crippen molar-refractivity contribution in [2.75, 3.05) is 6.54 Å². The fourth-order valence-corrected chi connectivity index (χ4v) is 6.05. The summed E-state index contributed by atoms with van der Waals surface area (Å²) in [5.41, 5.74) is 7.96. The van der Waals surface area contributed by atoms with Gasteiger partial charge in [0.05, 0.1) is 12.6 Å². The number of aliphatic hydroxyl groups is 1. The van der Waals surface area contributed by atoms with Crippen molar-refractivity contribution in [3.63, 3.8) is 0 Å². The highest BCUT2D eigenvalue weighted by molar-refractivity contribution is 5.97. The molecule has 0 amide bonds. The Balaban J connectivity index is 1.84. The predicted molar refractivity (Wildman–Crippen MR) is 156 cm³/mol. The summed E-state index contributed by atoms with van der Waals surface area (Å²) in [6.07, 6.45) is 16.1. The normalized spacial score (nSPS) is 22.4. The molecule has 0 saturated heterocycles. The Hall–Kier alpha value is -3.33. The van der Waals surface area contributed by atoms with Gasteiger partial charge in [-0.3, -0.25) is 0 Å². The first-order valence-electron chi connectivity index (χ1n) is 14.6. The van der Waals surface area contributed by atoms with Gasteiger partial charge >= 0.3 is 11.9 Å². The third kappa shape index (κ3) is 7.87. The second-order valence-corrected chi connectivity index (χ2v) is 10.9. The Bertz CT molecular complexity index is 1160. The molecule has 0 radical (unpaired) electrons. The van der Waals surface area contributed by atoms with E-state index in [4.69, 9.17) is 10.2 Å². The Kier molecular flexibility index (Phi) is 11.6. The highest BCUT2D eigenvalue weighted by atomic mass is 16.4. The summed E-state index contributed by atoms with van der Waals surface area (Å²) in [6, 6.07) is -1.05. The van der Waals surface area contributed by atoms with Gasteiger partial charge in [-0.25, -0.2) is 14.6 Å². The molecule has 3 unspecified atom stereocenters. The monoisotopic (exact) mass is 555 g/mol. The van der Waals surface area contributed by atoms with Crippen LogP contribution < -0.4 is 11.1 Å². The number of aliphatic imine (C=N–C) groups is 1. The van der Waals surface area contributed by atoms with Crippen LogP contribution in [0.1, 0.15) is 111 Å². The molecule has 2 aliphatic rings. The van der Waals surface area contributed by atoms with Crippen LogP contribution >= 0.6 is 0 Å². The van der Waals surface area contributed by atoms with Crippen LogP contribution in [0.2, 0.25) is 0 Å². The van der Waals surface area contributed by atoms with Gasteiger partial charge in [-0.15, -0.1) is 0 Å². The van der Waals surface area contributed by atoms with Crippen LogP contribution in [-0.4, -0.2) is 51.9 Å². The van der Waals surface area contributed by atoms with Gasteiger partial charge in [0.1, 0.15) is 23.1 Å². The Labute approximate surface area is 236 Å². The number of carbonyl (C=O) groups is 2. The van der Waals surface area contributed by atoms with Gasteiger partial charge in [0.2, 0.25) is 0 Å². The third-order valence-corrected chi connectivity index (χ3v) is 7.98. The van der Waals surface area contributed by atoms with E-state index >= 15 is 0 Å². The quantitative estimate of drug-likeness (QED) is 0.0973. The van der Waals surface area contributed by atoms with Crippen molar-refractivity contribution in [1.29, 1.82) is 0 Å². The average molecular weight is 556 g/mol. The van der Waals surface area contributed by atoms with E-state index in [1.54, 1.807) is 19.1 Å². The average Bonchev–Trinajstić information content (AvgIpc) is 3.26. The van der Waals surface area contributed by atoms with Crippen molar-refractivity contribution in [3.05, 3.63) is 52.5 Å². The van der Waals surface area contributed by atoms with E-state index in [2.05, 4.69) is 17.2 Å². The SMILES string of the molecule is CC=CC(=CC(NC(N)=NCC=C1c2c(oc(C)c2C(=O)O)C(C2CCCCC2)CC1O)C(=O)O)CCCCC. The lowest BCUT2D eigenvalue weighted by atomic mass is 9.71. The lowest BCUT2D eigenvalue weighted by Gasteiger charge is -2.35. The summed E-state index contributed by atoms with van der Waals surface area (Å²) in [4.78, 5) is 28.4. The maximum atomic E-state index is 12.2. The molecule has 1 fully saturated rings. The van der Waals surface area contributed by atoms with Crippen molar-refractivity contribution in [2.45, 2.75) is 103 Å². The second kappa shape index (κ2) is 14.9. The first-order valence-corrected chi connectivity index (χ1v) is 14.6. The van der Waals surface area contributed by atoms with E-state index in [-0.39, 0.29) is 24.0 Å². The Morgan fingerprint density at radius 2 is 1.93 bits per heavy atom. The standard InChI is InChI=1S/C31H45N3O6/c1-4-6-8-12-20(11-5-2)17-24(29(36)37)34-31(32)33-16-15-22-25(35)18-23(21-13-9-7-10-14-21)28-27(22)26(30(38)39)19(3)40-28/h5,11,15,17,21,23-25,35H,4,6-10,12-14,16,18H2,1-3H3,(H,36,37)(H,38,39)(H3,32,33,34). The van der Waals surface area contributed by atoms with Crippen LogP contribution in [0.15, 0.2) is 39.3 Å². The van der Waals surface area contributed by atoms with E-state index in [1.165, 1.54) is 6.42 Å². The minimum atomic E-state index is -1.10. The lowest BCUT2D eigenvalue weighted by Crippen LogP contribution is -2.43. The minimum Gasteiger partial charge on any atom is -0.479 e. The molecule has 0 bridgehead atoms. The third-order valence-electron chi connectivity index (χ3n) is 7.98. The number of guanidine groups is 1. The number of carboxylic acids is 2. The van der Waals surface area contributed by atoms with Gasteiger partial charge in [-0.05, 0) is 69.1 Å². The van der Waals surface area contributed by atoms with Crippen molar-refractivity contribution in [1.82, 2.24) is 5.32 Å². The van der Waals surface area contributed by atoms with Gasteiger partial charge in [0, 0.05) is 11.5 Å². The molecule has 220 valence electrons. The molecule has 0 aliphatic heterocycles. The molecule has 1 aromatic heterocycles. The van der Waals surface area contributed by atoms with E-state index in [1.807, 2.05) is 19.1 Å². The number of nitrogens with zero attached hydrogens (tertiary/aromatic N) is 1. The molecule has 9 nitrogen and oxygen atoms in total. The number of fused-ring (bicyclic) bond motifs is 1. The minimum absolute atomic E-state index is 0.0312. The summed E-state index contributed by atoms with van der Waals surface area (Å²) < 4.78 is 6.06. The van der Waals surface area contributed by atoms with E-state index in [0.717, 1.165) is 56.9 Å². The van der Waals surface area contributed by atoms with Gasteiger partial charge in [-0.2, -0.15) is 0 Å². The smallest absolute Gasteiger partial charge is 0.339 e. The zero-order chi connectivity index (χ0) is 29.2. The number of furan rings is 1. The van der Waals surface area contributed by atoms with Crippen LogP contribution in [0, 0.1) is 12.8 Å². The van der Waals surface area contributed by atoms with Crippen LogP contribution in [0.5, 0.6) is 0 Å². The number of rotatable bonds is 12. The molecule has 1 saturated carbocycles. The number of aliphatic carboxylic acids is 1.